The number of carbonyl (C=O) groups is 14. The van der Waals surface area contributed by atoms with E-state index in [0.717, 1.165) is 6.92 Å². The highest BCUT2D eigenvalue weighted by Gasteiger charge is 2.40. The van der Waals surface area contributed by atoms with Crippen molar-refractivity contribution in [1.29, 1.82) is 0 Å². The average molecular weight is 1500 g/mol. The summed E-state index contributed by atoms with van der Waals surface area (Å²) in [6.07, 6.45) is -6.63. The molecule has 5 rings (SSSR count). The van der Waals surface area contributed by atoms with Crippen LogP contribution in [-0.2, 0) is 91.1 Å². The lowest BCUT2D eigenvalue weighted by atomic mass is 9.97. The zero-order valence-electron chi connectivity index (χ0n) is 60.3. The number of rotatable bonds is 27. The minimum atomic E-state index is -2.03. The largest absolute Gasteiger partial charge is 0.508 e. The zero-order valence-corrected chi connectivity index (χ0v) is 60.3. The highest BCUT2D eigenvalue weighted by Crippen LogP contribution is 2.19. The molecule has 0 radical (unpaired) electrons. The molecule has 6 unspecified atom stereocenters. The third-order valence-electron chi connectivity index (χ3n) is 18.0. The van der Waals surface area contributed by atoms with Crippen LogP contribution in [0.3, 0.4) is 0 Å². The van der Waals surface area contributed by atoms with E-state index in [1.165, 1.54) is 86.6 Å². The number of benzene rings is 3. The number of hydrogen-bond acceptors (Lipinski definition) is 23. The van der Waals surface area contributed by atoms with E-state index in [-0.39, 0.29) is 55.9 Å². The molecule has 2 aliphatic heterocycles. The number of unbranched alkanes of at least 4 members (excludes halogenated alkanes) is 1. The molecule has 0 aromatic heterocycles. The van der Waals surface area contributed by atoms with Gasteiger partial charge in [-0.15, -0.1) is 0 Å². The van der Waals surface area contributed by atoms with E-state index in [9.17, 15) is 98.1 Å². The molecule has 2 heterocycles. The highest BCUT2D eigenvalue weighted by atomic mass is 16.5. The number of hydrogen-bond donors (Lipinski definition) is 21. The lowest BCUT2D eigenvalue weighted by molar-refractivity contribution is -0.153. The summed E-state index contributed by atoms with van der Waals surface area (Å²) in [5.74, 6) is -17.9. The first-order valence-corrected chi connectivity index (χ1v) is 35.5. The van der Waals surface area contributed by atoms with Gasteiger partial charge >= 0.3 is 11.9 Å². The molecular formula is C71H102N14O22. The average Bonchev–Trinajstić information content (AvgIpc) is 1.06. The van der Waals surface area contributed by atoms with Crippen LogP contribution in [0.5, 0.6) is 17.2 Å². The first-order valence-electron chi connectivity index (χ1n) is 35.5. The van der Waals surface area contributed by atoms with Crippen LogP contribution in [0.2, 0.25) is 0 Å². The number of carboxylic acids is 1. The molecule has 23 N–H and O–H groups in total. The standard InChI is InChI=1S/C71H102N14O22/c1-6-37(4)58-71(106)107-35-45(91)33-53(80-65(100)50(30-39-12-18-42(88)19-13-39)78-62(97)48(24-26-55(73)92)76-60(95)46-11-9-29-74-46)67(102)83-57(36(2)3)69(104)77-49(25-27-56(93)94)63(98)85-59(38(5)87)70(105)81-51(31-40-14-20-43(89)21-15-40)64(99)75-47(10-7-8-28-72)61(96)82-54(34-86)68(103)79-52(66(101)84-58)32-41-16-22-44(90)23-17-41/h12-23,36-38,45-54,57-59,74,86-91H,6-11,24-35,72H2,1-5H3,(H2,73,92)(H,75,99)(H,76,95)(H,77,104)(H,78,97)(H,79,103)(H,80,100)(H,81,105)(H,82,96)(H,83,102)(H,84,101)(H,85,98)(H,93,94)/t37-,38+,45?,46-,47-,48-,49-,50-,51?,52-,53?,54?,57?,58-,59?/m0/s1. The van der Waals surface area contributed by atoms with E-state index in [1.807, 2.05) is 0 Å². The van der Waals surface area contributed by atoms with E-state index in [1.54, 1.807) is 13.8 Å². The number of nitrogens with one attached hydrogen (secondary N) is 12. The molecule has 2 saturated heterocycles. The Balaban J connectivity index is 1.64. The Kier molecular flexibility index (Phi) is 35.1. The number of carbonyl (C=O) groups excluding carboxylic acids is 13. The summed E-state index contributed by atoms with van der Waals surface area (Å²) in [5.41, 5.74) is 12.2. The molecule has 2 fully saturated rings. The lowest BCUT2D eigenvalue weighted by Gasteiger charge is -2.30. The molecular weight excluding hydrogens is 1400 g/mol. The monoisotopic (exact) mass is 1500 g/mol. The van der Waals surface area contributed by atoms with E-state index >= 15 is 4.79 Å². The lowest BCUT2D eigenvalue weighted by Crippen LogP contribution is -2.63. The van der Waals surface area contributed by atoms with Gasteiger partial charge in [-0.3, -0.25) is 62.3 Å². The van der Waals surface area contributed by atoms with Gasteiger partial charge in [0.05, 0.1) is 24.9 Å². The summed E-state index contributed by atoms with van der Waals surface area (Å²) in [7, 11) is 0. The summed E-state index contributed by atoms with van der Waals surface area (Å²) in [4.78, 5) is 198. The highest BCUT2D eigenvalue weighted by molar-refractivity contribution is 6.00. The van der Waals surface area contributed by atoms with Crippen molar-refractivity contribution in [3.8, 4) is 17.2 Å². The quantitative estimate of drug-likeness (QED) is 0.0253. The van der Waals surface area contributed by atoms with Crippen molar-refractivity contribution >= 4 is 82.8 Å². The molecule has 0 bridgehead atoms. The second-order valence-corrected chi connectivity index (χ2v) is 27.0. The number of ether oxygens (including phenoxy) is 1. The first kappa shape index (κ1) is 87.1. The van der Waals surface area contributed by atoms with Crippen LogP contribution in [0.25, 0.3) is 0 Å². The Morgan fingerprint density at radius 3 is 1.59 bits per heavy atom. The van der Waals surface area contributed by atoms with E-state index in [0.29, 0.717) is 42.5 Å². The van der Waals surface area contributed by atoms with Crippen molar-refractivity contribution in [3.05, 3.63) is 89.5 Å². The minimum Gasteiger partial charge on any atom is -0.508 e. The number of primary amides is 1. The molecule has 0 spiro atoms. The number of aliphatic hydroxyl groups is 3. The molecule has 3 aromatic rings. The third kappa shape index (κ3) is 28.7. The smallest absolute Gasteiger partial charge is 0.329 e. The number of phenolic OH excluding ortho intramolecular Hbond substituents is 3. The topological polar surface area (TPSA) is 586 Å². The SMILES string of the molecule is CC[C@H](C)[C@@H]1NC(=O)[C@H](Cc2ccc(O)cc2)NC(=O)C(CO)NC(=O)[C@H](CCCCN)NC(=O)C(Cc2ccc(O)cc2)NC(=O)C([C@@H](C)O)NC(=O)[C@H](CCC(=O)O)NC(=O)C(C(C)C)NC(=O)C(NC(=O)[C@H](Cc2ccc(O)cc2)NC(=O)[C@H](CCC(N)=O)NC(=O)[C@@H]2CCCN2)CC(O)COC1=O. The van der Waals surface area contributed by atoms with Gasteiger partial charge in [0.2, 0.25) is 70.9 Å². The molecule has 36 nitrogen and oxygen atoms in total. The number of phenols is 3. The summed E-state index contributed by atoms with van der Waals surface area (Å²) in [5, 5.41) is 104. The molecule has 15 atom stereocenters. The van der Waals surface area contributed by atoms with Crippen molar-refractivity contribution in [2.75, 3.05) is 26.3 Å². The number of amides is 12. The molecule has 12 amide bonds. The van der Waals surface area contributed by atoms with Crippen molar-refractivity contribution in [3.63, 3.8) is 0 Å². The van der Waals surface area contributed by atoms with Crippen LogP contribution in [-0.4, -0.2) is 230 Å². The van der Waals surface area contributed by atoms with Crippen LogP contribution in [0.4, 0.5) is 0 Å². The van der Waals surface area contributed by atoms with E-state index in [4.69, 9.17) is 16.2 Å². The minimum absolute atomic E-state index is 0.125. The molecule has 3 aromatic carbocycles. The third-order valence-corrected chi connectivity index (χ3v) is 18.0. The van der Waals surface area contributed by atoms with E-state index in [2.05, 4.69) is 63.8 Å². The van der Waals surface area contributed by atoms with Gasteiger partial charge in [-0.2, -0.15) is 0 Å². The number of aliphatic carboxylic acids is 1. The van der Waals surface area contributed by atoms with Crippen molar-refractivity contribution < 1.29 is 108 Å². The van der Waals surface area contributed by atoms with Gasteiger partial charge in [0.15, 0.2) is 0 Å². The Hall–Kier alpha value is -10.6. The van der Waals surface area contributed by atoms with Gasteiger partial charge in [0.1, 0.15) is 90.3 Å². The summed E-state index contributed by atoms with van der Waals surface area (Å²) in [6.45, 7) is 5.63. The normalized spacial score (nSPS) is 24.1. The zero-order chi connectivity index (χ0) is 79.2. The van der Waals surface area contributed by atoms with Gasteiger partial charge in [-0.25, -0.2) is 4.79 Å². The first-order chi connectivity index (χ1) is 50.7. The Morgan fingerprint density at radius 1 is 0.579 bits per heavy atom. The van der Waals surface area contributed by atoms with Gasteiger partial charge in [-0.05, 0) is 130 Å². The van der Waals surface area contributed by atoms with Gasteiger partial charge in [0, 0.05) is 38.5 Å². The molecule has 0 saturated carbocycles. The van der Waals surface area contributed by atoms with Crippen molar-refractivity contribution in [2.24, 2.45) is 23.3 Å². The fourth-order valence-electron chi connectivity index (χ4n) is 11.6. The van der Waals surface area contributed by atoms with Crippen molar-refractivity contribution in [2.45, 2.75) is 209 Å². The maximum atomic E-state index is 15.0. The molecule has 107 heavy (non-hydrogen) atoms. The van der Waals surface area contributed by atoms with E-state index < -0.39 is 231 Å². The Labute approximate surface area is 617 Å². The fraction of sp³-hybridized carbons (Fsp3) is 0.549. The summed E-state index contributed by atoms with van der Waals surface area (Å²) in [6, 6.07) is -4.01. The molecule has 36 heteroatoms. The Morgan fingerprint density at radius 2 is 1.07 bits per heavy atom. The number of esters is 1. The number of nitrogens with two attached hydrogens (primary N) is 2. The predicted octanol–water partition coefficient (Wildman–Crippen LogP) is -4.44. The second kappa shape index (κ2) is 43.2. The van der Waals surface area contributed by atoms with Crippen LogP contribution in [0.1, 0.15) is 122 Å². The maximum Gasteiger partial charge on any atom is 0.329 e. The van der Waals surface area contributed by atoms with Gasteiger partial charge in [0.25, 0.3) is 0 Å². The number of aromatic hydroxyl groups is 3. The van der Waals surface area contributed by atoms with Crippen LogP contribution in [0, 0.1) is 11.8 Å². The second-order valence-electron chi connectivity index (χ2n) is 27.0. The number of carboxylic acid groups (broad SMARTS) is 1. The van der Waals surface area contributed by atoms with Crippen LogP contribution < -0.4 is 75.3 Å². The van der Waals surface area contributed by atoms with Gasteiger partial charge in [-0.1, -0.05) is 70.5 Å². The molecule has 0 aliphatic carbocycles. The summed E-state index contributed by atoms with van der Waals surface area (Å²) < 4.78 is 5.62. The van der Waals surface area contributed by atoms with Crippen LogP contribution in [0.15, 0.2) is 72.8 Å². The van der Waals surface area contributed by atoms with Crippen molar-refractivity contribution in [1.82, 2.24) is 63.8 Å². The predicted molar refractivity (Wildman–Crippen MR) is 381 cm³/mol. The number of aliphatic hydroxyl groups excluding tert-OH is 3. The Bertz CT molecular complexity index is 3540. The number of cyclic esters (lactones) is 1. The van der Waals surface area contributed by atoms with Gasteiger partial charge < -0.3 is 116 Å². The fourth-order valence-corrected chi connectivity index (χ4v) is 11.6. The van der Waals surface area contributed by atoms with Crippen LogP contribution >= 0.6 is 0 Å². The maximum absolute atomic E-state index is 15.0. The molecule has 2 aliphatic rings. The molecule has 588 valence electrons. The summed E-state index contributed by atoms with van der Waals surface area (Å²) >= 11 is 0.